The highest BCUT2D eigenvalue weighted by molar-refractivity contribution is 7.88. The van der Waals surface area contributed by atoms with Crippen LogP contribution in [0.4, 0.5) is 13.2 Å². The second-order valence-electron chi connectivity index (χ2n) is 8.04. The molecule has 0 bridgehead atoms. The van der Waals surface area contributed by atoms with E-state index in [1.807, 2.05) is 24.3 Å². The van der Waals surface area contributed by atoms with Crippen LogP contribution in [-0.4, -0.2) is 51.5 Å². The predicted molar refractivity (Wildman–Crippen MR) is 125 cm³/mol. The maximum atomic E-state index is 12.6. The number of unbranched alkanes of at least 4 members (excludes halogenated alkanes) is 1. The molecule has 2 aromatic rings. The molecule has 1 amide bonds. The van der Waals surface area contributed by atoms with Crippen LogP contribution >= 0.6 is 0 Å². The number of carbonyl (C=O) groups is 1. The number of halogens is 3. The van der Waals surface area contributed by atoms with Gasteiger partial charge in [-0.05, 0) is 72.8 Å². The van der Waals surface area contributed by atoms with Crippen LogP contribution < -0.4 is 14.2 Å². The summed E-state index contributed by atoms with van der Waals surface area (Å²) in [6, 6.07) is 11.5. The summed E-state index contributed by atoms with van der Waals surface area (Å²) in [5, 5.41) is 2.84. The molecule has 0 fully saturated rings. The summed E-state index contributed by atoms with van der Waals surface area (Å²) >= 11 is 0. The molecular formula is C24H27F3N2O5S. The van der Waals surface area contributed by atoms with Crippen LogP contribution in [0.25, 0.3) is 6.08 Å². The number of benzene rings is 2. The van der Waals surface area contributed by atoms with E-state index in [2.05, 4.69) is 14.4 Å². The van der Waals surface area contributed by atoms with Gasteiger partial charge in [-0.15, -0.1) is 0 Å². The van der Waals surface area contributed by atoms with Gasteiger partial charge in [0.05, 0.1) is 7.11 Å². The lowest BCUT2D eigenvalue weighted by atomic mass is 9.99. The van der Waals surface area contributed by atoms with Gasteiger partial charge in [-0.1, -0.05) is 18.2 Å². The quantitative estimate of drug-likeness (QED) is 0.225. The Morgan fingerprint density at radius 1 is 1.09 bits per heavy atom. The lowest BCUT2D eigenvalue weighted by molar-refractivity contribution is -0.116. The van der Waals surface area contributed by atoms with Crippen LogP contribution in [0.1, 0.15) is 29.5 Å². The Balaban J connectivity index is 1.40. The molecule has 190 valence electrons. The first-order valence-electron chi connectivity index (χ1n) is 11.0. The fraction of sp³-hybridized carbons (Fsp3) is 0.375. The molecule has 0 saturated heterocycles. The van der Waals surface area contributed by atoms with Crippen LogP contribution in [0.15, 0.2) is 48.5 Å². The zero-order valence-corrected chi connectivity index (χ0v) is 20.0. The second-order valence-corrected chi connectivity index (χ2v) is 9.58. The molecule has 0 radical (unpaired) electrons. The standard InChI is InChI=1S/C24H27F3N2O5S/c1-33-21-8-4-18(5-9-21)6-11-23(30)28-13-2-3-14-29-15-12-19-7-10-22(16-20(19)17-29)34-35(31,32)24(25,26)27/h4-11,16H,2-3,12-15,17H2,1H3,(H,28,30)/b11-6+. The van der Waals surface area contributed by atoms with Gasteiger partial charge >= 0.3 is 15.6 Å². The van der Waals surface area contributed by atoms with Crippen molar-refractivity contribution in [3.8, 4) is 11.5 Å². The van der Waals surface area contributed by atoms with Gasteiger partial charge in [0.15, 0.2) is 0 Å². The highest BCUT2D eigenvalue weighted by Crippen LogP contribution is 2.29. The first-order valence-corrected chi connectivity index (χ1v) is 12.4. The SMILES string of the molecule is COc1ccc(/C=C/C(=O)NCCCCN2CCc3ccc(OS(=O)(=O)C(F)(F)F)cc3C2)cc1. The third-order valence-corrected chi connectivity index (χ3v) is 6.48. The zero-order valence-electron chi connectivity index (χ0n) is 19.2. The Morgan fingerprint density at radius 3 is 2.49 bits per heavy atom. The summed E-state index contributed by atoms with van der Waals surface area (Å²) in [5.41, 5.74) is -2.90. The number of carbonyl (C=O) groups excluding carboxylic acids is 1. The van der Waals surface area contributed by atoms with E-state index < -0.39 is 15.6 Å². The van der Waals surface area contributed by atoms with Crippen molar-refractivity contribution in [1.29, 1.82) is 0 Å². The number of nitrogens with zero attached hydrogens (tertiary/aromatic N) is 1. The Bertz CT molecular complexity index is 1150. The topological polar surface area (TPSA) is 84.9 Å². The molecule has 0 aromatic heterocycles. The summed E-state index contributed by atoms with van der Waals surface area (Å²) < 4.78 is 69.5. The van der Waals surface area contributed by atoms with E-state index >= 15 is 0 Å². The van der Waals surface area contributed by atoms with Crippen LogP contribution in [0.5, 0.6) is 11.5 Å². The van der Waals surface area contributed by atoms with Crippen molar-refractivity contribution in [1.82, 2.24) is 10.2 Å². The minimum Gasteiger partial charge on any atom is -0.497 e. The van der Waals surface area contributed by atoms with Crippen molar-refractivity contribution >= 4 is 22.1 Å². The van der Waals surface area contributed by atoms with E-state index in [0.29, 0.717) is 19.5 Å². The van der Waals surface area contributed by atoms with E-state index in [-0.39, 0.29) is 11.7 Å². The first-order chi connectivity index (χ1) is 16.6. The molecule has 11 heteroatoms. The minimum atomic E-state index is -5.70. The molecule has 0 saturated carbocycles. The number of hydrogen-bond donors (Lipinski definition) is 1. The Labute approximate surface area is 202 Å². The number of rotatable bonds is 10. The molecule has 7 nitrogen and oxygen atoms in total. The summed E-state index contributed by atoms with van der Waals surface area (Å²) in [5.74, 6) is 0.203. The van der Waals surface area contributed by atoms with E-state index in [9.17, 15) is 26.4 Å². The maximum absolute atomic E-state index is 12.6. The average Bonchev–Trinajstić information content (AvgIpc) is 2.81. The number of fused-ring (bicyclic) bond motifs is 1. The van der Waals surface area contributed by atoms with Gasteiger partial charge in [-0.3, -0.25) is 9.69 Å². The van der Waals surface area contributed by atoms with Gasteiger partial charge in [-0.2, -0.15) is 21.6 Å². The van der Waals surface area contributed by atoms with Crippen molar-refractivity contribution in [3.63, 3.8) is 0 Å². The molecule has 0 aliphatic carbocycles. The smallest absolute Gasteiger partial charge is 0.497 e. The molecular weight excluding hydrogens is 485 g/mol. The molecule has 0 spiro atoms. The highest BCUT2D eigenvalue weighted by Gasteiger charge is 2.48. The van der Waals surface area contributed by atoms with Gasteiger partial charge in [-0.25, -0.2) is 0 Å². The Kier molecular flexibility index (Phi) is 8.79. The third kappa shape index (κ3) is 7.72. The van der Waals surface area contributed by atoms with Gasteiger partial charge in [0.2, 0.25) is 5.91 Å². The Hall–Kier alpha value is -3.05. The number of alkyl halides is 3. The van der Waals surface area contributed by atoms with Crippen LogP contribution in [0, 0.1) is 0 Å². The van der Waals surface area contributed by atoms with Gasteiger partial charge in [0.25, 0.3) is 0 Å². The van der Waals surface area contributed by atoms with Crippen molar-refractivity contribution in [2.45, 2.75) is 31.3 Å². The van der Waals surface area contributed by atoms with E-state index in [1.54, 1.807) is 19.3 Å². The number of amides is 1. The lowest BCUT2D eigenvalue weighted by Crippen LogP contribution is -2.32. The number of nitrogens with one attached hydrogen (secondary N) is 1. The average molecular weight is 513 g/mol. The minimum absolute atomic E-state index is 0.186. The largest absolute Gasteiger partial charge is 0.534 e. The molecule has 3 rings (SSSR count). The van der Waals surface area contributed by atoms with Crippen molar-refractivity contribution in [2.75, 3.05) is 26.7 Å². The number of ether oxygens (including phenoxy) is 1. The summed E-state index contributed by atoms with van der Waals surface area (Å²) in [6.45, 7) is 2.52. The molecule has 1 aliphatic rings. The molecule has 1 heterocycles. The van der Waals surface area contributed by atoms with Gasteiger partial charge < -0.3 is 14.2 Å². The van der Waals surface area contributed by atoms with Crippen molar-refractivity contribution in [3.05, 3.63) is 65.2 Å². The van der Waals surface area contributed by atoms with E-state index in [4.69, 9.17) is 4.74 Å². The lowest BCUT2D eigenvalue weighted by Gasteiger charge is -2.29. The molecule has 0 unspecified atom stereocenters. The van der Waals surface area contributed by atoms with Crippen LogP contribution in [0.3, 0.4) is 0 Å². The maximum Gasteiger partial charge on any atom is 0.534 e. The molecule has 2 aromatic carbocycles. The highest BCUT2D eigenvalue weighted by atomic mass is 32.2. The molecule has 1 N–H and O–H groups in total. The third-order valence-electron chi connectivity index (χ3n) is 5.50. The van der Waals surface area contributed by atoms with Gasteiger partial charge in [0.1, 0.15) is 11.5 Å². The zero-order chi connectivity index (χ0) is 25.5. The fourth-order valence-corrected chi connectivity index (χ4v) is 4.08. The summed E-state index contributed by atoms with van der Waals surface area (Å²) in [6.07, 6.45) is 5.48. The molecule has 0 atom stereocenters. The van der Waals surface area contributed by atoms with Crippen molar-refractivity contribution < 1.29 is 35.3 Å². The van der Waals surface area contributed by atoms with Crippen molar-refractivity contribution in [2.24, 2.45) is 0 Å². The van der Waals surface area contributed by atoms with Crippen LogP contribution in [-0.2, 0) is 27.9 Å². The Morgan fingerprint density at radius 2 is 1.80 bits per heavy atom. The van der Waals surface area contributed by atoms with Gasteiger partial charge in [0, 0.05) is 25.7 Å². The summed E-state index contributed by atoms with van der Waals surface area (Å²) in [4.78, 5) is 14.1. The predicted octanol–water partition coefficient (Wildman–Crippen LogP) is 3.89. The molecule has 35 heavy (non-hydrogen) atoms. The first kappa shape index (κ1) is 26.6. The molecule has 1 aliphatic heterocycles. The summed E-state index contributed by atoms with van der Waals surface area (Å²) in [7, 11) is -4.11. The second kappa shape index (κ2) is 11.6. The fourth-order valence-electron chi connectivity index (χ4n) is 3.63. The van der Waals surface area contributed by atoms with E-state index in [0.717, 1.165) is 48.4 Å². The van der Waals surface area contributed by atoms with Crippen LogP contribution in [0.2, 0.25) is 0 Å². The normalized spacial score (nSPS) is 14.5. The monoisotopic (exact) mass is 512 g/mol. The number of methoxy groups -OCH3 is 1. The number of hydrogen-bond acceptors (Lipinski definition) is 6. The van der Waals surface area contributed by atoms with E-state index in [1.165, 1.54) is 18.2 Å².